The minimum atomic E-state index is -0.134. The minimum absolute atomic E-state index is 0.00419. The van der Waals surface area contributed by atoms with Crippen molar-refractivity contribution in [3.05, 3.63) is 42.5 Å². The number of imide groups is 1. The van der Waals surface area contributed by atoms with Crippen molar-refractivity contribution in [1.29, 1.82) is 0 Å². The van der Waals surface area contributed by atoms with Crippen molar-refractivity contribution in [1.82, 2.24) is 15.5 Å². The van der Waals surface area contributed by atoms with Crippen LogP contribution in [0.3, 0.4) is 0 Å². The topological polar surface area (TPSA) is 83.0 Å². The third-order valence-corrected chi connectivity index (χ3v) is 6.12. The van der Waals surface area contributed by atoms with Crippen LogP contribution in [0.2, 0.25) is 0 Å². The van der Waals surface area contributed by atoms with E-state index in [1.807, 2.05) is 44.2 Å². The lowest BCUT2D eigenvalue weighted by atomic mass is 9.85. The van der Waals surface area contributed by atoms with E-state index < -0.39 is 0 Å². The number of carbonyl (C=O) groups is 2. The van der Waals surface area contributed by atoms with Gasteiger partial charge in [0.1, 0.15) is 11.9 Å². The largest absolute Gasteiger partial charge is 0.489 e. The van der Waals surface area contributed by atoms with Gasteiger partial charge in [0.05, 0.1) is 18.4 Å². The van der Waals surface area contributed by atoms with Crippen LogP contribution in [-0.4, -0.2) is 55.0 Å². The van der Waals surface area contributed by atoms with Crippen LogP contribution < -0.4 is 15.4 Å². The Hall–Kier alpha value is -2.83. The Morgan fingerprint density at radius 3 is 2.43 bits per heavy atom. The average Bonchev–Trinajstić information content (AvgIpc) is 3.42. The van der Waals surface area contributed by atoms with Crippen LogP contribution in [0.1, 0.15) is 20.3 Å². The third-order valence-electron chi connectivity index (χ3n) is 6.12. The summed E-state index contributed by atoms with van der Waals surface area (Å²) < 4.78 is 5.86. The lowest BCUT2D eigenvalue weighted by Crippen LogP contribution is -2.44. The number of benzene rings is 1. The van der Waals surface area contributed by atoms with Gasteiger partial charge in [0.15, 0.2) is 5.96 Å². The number of carbonyl (C=O) groups excluding carboxylic acids is 2. The summed E-state index contributed by atoms with van der Waals surface area (Å²) >= 11 is 0. The van der Waals surface area contributed by atoms with E-state index in [9.17, 15) is 9.59 Å². The molecule has 0 spiro atoms. The maximum atomic E-state index is 12.8. The molecule has 4 rings (SSSR count). The molecule has 2 amide bonds. The Morgan fingerprint density at radius 2 is 1.80 bits per heavy atom. The number of likely N-dealkylation sites (tertiary alicyclic amines) is 1. The van der Waals surface area contributed by atoms with Gasteiger partial charge in [-0.2, -0.15) is 0 Å². The van der Waals surface area contributed by atoms with E-state index in [2.05, 4.69) is 27.8 Å². The van der Waals surface area contributed by atoms with Crippen LogP contribution in [0.4, 0.5) is 0 Å². The first-order chi connectivity index (χ1) is 14.6. The molecule has 0 aromatic heterocycles. The zero-order valence-corrected chi connectivity index (χ0v) is 17.6. The van der Waals surface area contributed by atoms with Gasteiger partial charge in [-0.1, -0.05) is 30.4 Å². The monoisotopic (exact) mass is 410 g/mol. The second kappa shape index (κ2) is 8.90. The molecule has 160 valence electrons. The minimum Gasteiger partial charge on any atom is -0.489 e. The van der Waals surface area contributed by atoms with E-state index in [4.69, 9.17) is 4.74 Å². The van der Waals surface area contributed by atoms with Crippen LogP contribution >= 0.6 is 0 Å². The Kier molecular flexibility index (Phi) is 6.06. The van der Waals surface area contributed by atoms with E-state index in [0.717, 1.165) is 18.7 Å². The Labute approximate surface area is 177 Å². The SMILES string of the molecule is CCNC(=NCC(C)Oc1ccccc1)NCCN1C(=O)C2C3C=CC(C3)C2C1=O. The van der Waals surface area contributed by atoms with Crippen LogP contribution in [0.25, 0.3) is 0 Å². The summed E-state index contributed by atoms with van der Waals surface area (Å²) in [5.74, 6) is 1.70. The van der Waals surface area contributed by atoms with Crippen molar-refractivity contribution in [2.24, 2.45) is 28.7 Å². The Bertz CT molecular complexity index is 808. The van der Waals surface area contributed by atoms with Crippen LogP contribution in [0.5, 0.6) is 5.75 Å². The van der Waals surface area contributed by atoms with Gasteiger partial charge in [0, 0.05) is 19.6 Å². The van der Waals surface area contributed by atoms with Crippen LogP contribution in [0.15, 0.2) is 47.5 Å². The van der Waals surface area contributed by atoms with Gasteiger partial charge >= 0.3 is 0 Å². The van der Waals surface area contributed by atoms with Gasteiger partial charge in [-0.25, -0.2) is 4.99 Å². The first-order valence-corrected chi connectivity index (χ1v) is 10.9. The molecule has 2 N–H and O–H groups in total. The first kappa shape index (κ1) is 20.4. The number of allylic oxidation sites excluding steroid dienone is 2. The number of para-hydroxylation sites is 1. The number of nitrogens with zero attached hydrogens (tertiary/aromatic N) is 2. The molecule has 1 aromatic carbocycles. The van der Waals surface area contributed by atoms with Crippen molar-refractivity contribution in [3.8, 4) is 5.75 Å². The fraction of sp³-hybridized carbons (Fsp3) is 0.522. The predicted molar refractivity (Wildman–Crippen MR) is 115 cm³/mol. The van der Waals surface area contributed by atoms with Crippen molar-refractivity contribution in [2.75, 3.05) is 26.2 Å². The summed E-state index contributed by atoms with van der Waals surface area (Å²) in [6.07, 6.45) is 5.12. The number of hydrogen-bond acceptors (Lipinski definition) is 4. The zero-order valence-electron chi connectivity index (χ0n) is 17.6. The molecule has 1 saturated carbocycles. The molecule has 2 aliphatic carbocycles. The van der Waals surface area contributed by atoms with Crippen molar-refractivity contribution >= 4 is 17.8 Å². The molecule has 30 heavy (non-hydrogen) atoms. The molecule has 1 saturated heterocycles. The summed E-state index contributed by atoms with van der Waals surface area (Å²) in [5, 5.41) is 6.43. The summed E-state index contributed by atoms with van der Waals surface area (Å²) in [7, 11) is 0. The maximum Gasteiger partial charge on any atom is 0.233 e. The molecule has 1 aromatic rings. The molecule has 1 heterocycles. The Morgan fingerprint density at radius 1 is 1.13 bits per heavy atom. The quantitative estimate of drug-likeness (QED) is 0.296. The summed E-state index contributed by atoms with van der Waals surface area (Å²) in [6.45, 7) is 6.02. The molecule has 2 fully saturated rings. The Balaban J connectivity index is 1.27. The number of nitrogens with one attached hydrogen (secondary N) is 2. The molecular formula is C23H30N4O3. The smallest absolute Gasteiger partial charge is 0.233 e. The van der Waals surface area contributed by atoms with Gasteiger partial charge in [-0.15, -0.1) is 0 Å². The van der Waals surface area contributed by atoms with Gasteiger partial charge in [-0.3, -0.25) is 14.5 Å². The average molecular weight is 411 g/mol. The van der Waals surface area contributed by atoms with E-state index in [1.165, 1.54) is 4.90 Å². The number of aliphatic imine (C=N–C) groups is 1. The fourth-order valence-electron chi connectivity index (χ4n) is 4.80. The molecule has 3 aliphatic rings. The van der Waals surface area contributed by atoms with E-state index in [0.29, 0.717) is 25.6 Å². The highest BCUT2D eigenvalue weighted by atomic mass is 16.5. The highest BCUT2D eigenvalue weighted by Crippen LogP contribution is 2.52. The lowest BCUT2D eigenvalue weighted by molar-refractivity contribution is -0.140. The summed E-state index contributed by atoms with van der Waals surface area (Å²) in [5.41, 5.74) is 0. The number of hydrogen-bond donors (Lipinski definition) is 2. The number of fused-ring (bicyclic) bond motifs is 5. The molecule has 1 aliphatic heterocycles. The standard InChI is InChI=1S/C23H30N4O3/c1-3-24-23(26-14-15(2)30-18-7-5-4-6-8-18)25-11-12-27-21(28)19-16-9-10-17(13-16)20(19)22(27)29/h4-10,15-17,19-20H,3,11-14H2,1-2H3,(H2,24,25,26). The zero-order chi connectivity index (χ0) is 21.1. The van der Waals surface area contributed by atoms with Gasteiger partial charge < -0.3 is 15.4 Å². The molecule has 2 bridgehead atoms. The highest BCUT2D eigenvalue weighted by molar-refractivity contribution is 6.06. The fourth-order valence-corrected chi connectivity index (χ4v) is 4.80. The normalized spacial score (nSPS) is 28.1. The summed E-state index contributed by atoms with van der Waals surface area (Å²) in [6, 6.07) is 9.67. The lowest BCUT2D eigenvalue weighted by Gasteiger charge is -2.19. The molecular weight excluding hydrogens is 380 g/mol. The molecule has 0 radical (unpaired) electrons. The van der Waals surface area contributed by atoms with Crippen molar-refractivity contribution in [3.63, 3.8) is 0 Å². The van der Waals surface area contributed by atoms with E-state index in [1.54, 1.807) is 0 Å². The molecule has 5 unspecified atom stereocenters. The van der Waals surface area contributed by atoms with Crippen molar-refractivity contribution < 1.29 is 14.3 Å². The van der Waals surface area contributed by atoms with E-state index in [-0.39, 0.29) is 41.6 Å². The van der Waals surface area contributed by atoms with Crippen LogP contribution in [0, 0.1) is 23.7 Å². The first-order valence-electron chi connectivity index (χ1n) is 10.9. The van der Waals surface area contributed by atoms with Crippen LogP contribution in [-0.2, 0) is 9.59 Å². The summed E-state index contributed by atoms with van der Waals surface area (Å²) in [4.78, 5) is 31.5. The number of guanidine groups is 1. The highest BCUT2D eigenvalue weighted by Gasteiger charge is 2.58. The number of ether oxygens (including phenoxy) is 1. The number of amides is 2. The third kappa shape index (κ3) is 4.06. The van der Waals surface area contributed by atoms with Gasteiger partial charge in [0.2, 0.25) is 11.8 Å². The van der Waals surface area contributed by atoms with E-state index >= 15 is 0 Å². The maximum absolute atomic E-state index is 12.8. The molecule has 7 heteroatoms. The van der Waals surface area contributed by atoms with Gasteiger partial charge in [-0.05, 0) is 44.2 Å². The second-order valence-electron chi connectivity index (χ2n) is 8.22. The van der Waals surface area contributed by atoms with Crippen molar-refractivity contribution in [2.45, 2.75) is 26.4 Å². The second-order valence-corrected chi connectivity index (χ2v) is 8.22. The molecule has 5 atom stereocenters. The predicted octanol–water partition coefficient (Wildman–Crippen LogP) is 1.82. The molecule has 7 nitrogen and oxygen atoms in total. The van der Waals surface area contributed by atoms with Gasteiger partial charge in [0.25, 0.3) is 0 Å². The number of rotatable bonds is 8.